The molecule has 3 atom stereocenters. The molecule has 4 heterocycles. The minimum absolute atomic E-state index is 0.101. The number of rotatable bonds is 5. The number of aromatic nitrogens is 2. The molecule has 0 N–H and O–H groups in total. The molecule has 178 valence electrons. The van der Waals surface area contributed by atoms with Crippen molar-refractivity contribution in [2.45, 2.75) is 43.9 Å². The number of amides is 1. The van der Waals surface area contributed by atoms with Crippen molar-refractivity contribution < 1.29 is 9.53 Å². The third-order valence-corrected chi connectivity index (χ3v) is 7.97. The first kappa shape index (κ1) is 23.1. The van der Waals surface area contributed by atoms with E-state index in [1.807, 2.05) is 24.0 Å². The molecule has 0 spiro atoms. The van der Waals surface area contributed by atoms with Gasteiger partial charge in [-0.15, -0.1) is 0 Å². The fourth-order valence-corrected chi connectivity index (χ4v) is 5.94. The molecule has 5 rings (SSSR count). The number of carbonyl (C=O) groups is 1. The van der Waals surface area contributed by atoms with Gasteiger partial charge >= 0.3 is 0 Å². The first-order valence-electron chi connectivity index (χ1n) is 11.8. The summed E-state index contributed by atoms with van der Waals surface area (Å²) in [6.07, 6.45) is 4.73. The smallest absolute Gasteiger partial charge is 0.227 e. The molecule has 0 aliphatic carbocycles. The molecular weight excluding hydrogens is 461 g/mol. The van der Waals surface area contributed by atoms with E-state index >= 15 is 0 Å². The number of carbonyl (C=O) groups excluding carboxylic acids is 1. The standard InChI is InChI=1S/C24H31Cl2N5O2/c1-28-9-6-18(27-28)14-30-10-11-31(23(32)13-17-4-5-19(25)20(26)12-17)24-21(15-33-16-22(24)30)29-7-2-3-8-29/h4-6,9,12,21-22,24H,2-3,7-8,10-11,13-16H2,1H3/t21-,22+,24+/m0/s1. The van der Waals surface area contributed by atoms with Crippen LogP contribution in [0.5, 0.6) is 0 Å². The molecule has 3 aliphatic heterocycles. The van der Waals surface area contributed by atoms with Crippen LogP contribution in [0, 0.1) is 0 Å². The molecule has 0 bridgehead atoms. The second kappa shape index (κ2) is 9.92. The minimum atomic E-state index is 0.101. The number of nitrogens with zero attached hydrogens (tertiary/aromatic N) is 5. The third-order valence-electron chi connectivity index (χ3n) is 7.23. The van der Waals surface area contributed by atoms with Gasteiger partial charge in [0, 0.05) is 32.9 Å². The van der Waals surface area contributed by atoms with Gasteiger partial charge in [0.25, 0.3) is 0 Å². The Labute approximate surface area is 205 Å². The number of benzene rings is 1. The predicted molar refractivity (Wildman–Crippen MR) is 128 cm³/mol. The molecule has 0 saturated carbocycles. The fourth-order valence-electron chi connectivity index (χ4n) is 5.61. The van der Waals surface area contributed by atoms with Crippen molar-refractivity contribution in [1.29, 1.82) is 0 Å². The number of aryl methyl sites for hydroxylation is 1. The van der Waals surface area contributed by atoms with Crippen LogP contribution in [0.15, 0.2) is 30.5 Å². The fraction of sp³-hybridized carbons (Fsp3) is 0.583. The maximum absolute atomic E-state index is 13.6. The highest BCUT2D eigenvalue weighted by molar-refractivity contribution is 6.42. The second-order valence-electron chi connectivity index (χ2n) is 9.37. The average Bonchev–Trinajstić information content (AvgIpc) is 3.48. The van der Waals surface area contributed by atoms with E-state index in [1.54, 1.807) is 12.1 Å². The quantitative estimate of drug-likeness (QED) is 0.643. The van der Waals surface area contributed by atoms with Crippen LogP contribution in [0.1, 0.15) is 24.1 Å². The maximum Gasteiger partial charge on any atom is 0.227 e. The van der Waals surface area contributed by atoms with E-state index in [-0.39, 0.29) is 24.0 Å². The number of fused-ring (bicyclic) bond motifs is 1. The van der Waals surface area contributed by atoms with Crippen LogP contribution >= 0.6 is 23.2 Å². The summed E-state index contributed by atoms with van der Waals surface area (Å²) >= 11 is 12.3. The van der Waals surface area contributed by atoms with Gasteiger partial charge in [0.2, 0.25) is 5.91 Å². The molecule has 33 heavy (non-hydrogen) atoms. The first-order valence-corrected chi connectivity index (χ1v) is 12.5. The van der Waals surface area contributed by atoms with Crippen molar-refractivity contribution >= 4 is 29.1 Å². The van der Waals surface area contributed by atoms with E-state index < -0.39 is 0 Å². The lowest BCUT2D eigenvalue weighted by molar-refractivity contribution is -0.153. The van der Waals surface area contributed by atoms with Gasteiger partial charge in [0.1, 0.15) is 0 Å². The Balaban J connectivity index is 1.39. The summed E-state index contributed by atoms with van der Waals surface area (Å²) in [4.78, 5) is 20.7. The van der Waals surface area contributed by atoms with Crippen LogP contribution in [0.2, 0.25) is 10.0 Å². The molecule has 3 fully saturated rings. The predicted octanol–water partition coefficient (Wildman–Crippen LogP) is 2.85. The molecule has 1 aromatic carbocycles. The van der Waals surface area contributed by atoms with Crippen LogP contribution in [-0.2, 0) is 29.5 Å². The van der Waals surface area contributed by atoms with Crippen molar-refractivity contribution in [2.75, 3.05) is 39.4 Å². The molecular formula is C24H31Cl2N5O2. The molecule has 3 saturated heterocycles. The monoisotopic (exact) mass is 491 g/mol. The van der Waals surface area contributed by atoms with Crippen molar-refractivity contribution in [2.24, 2.45) is 7.05 Å². The van der Waals surface area contributed by atoms with E-state index in [0.29, 0.717) is 36.2 Å². The molecule has 1 amide bonds. The van der Waals surface area contributed by atoms with Crippen molar-refractivity contribution in [3.05, 3.63) is 51.8 Å². The van der Waals surface area contributed by atoms with E-state index in [0.717, 1.165) is 37.4 Å². The van der Waals surface area contributed by atoms with Gasteiger partial charge < -0.3 is 9.64 Å². The Morgan fingerprint density at radius 3 is 2.58 bits per heavy atom. The summed E-state index contributed by atoms with van der Waals surface area (Å²) in [5.41, 5.74) is 1.95. The lowest BCUT2D eigenvalue weighted by Gasteiger charge is -2.54. The van der Waals surface area contributed by atoms with Crippen molar-refractivity contribution in [3.63, 3.8) is 0 Å². The third kappa shape index (κ3) is 4.93. The number of likely N-dealkylation sites (tertiary alicyclic amines) is 1. The number of hydrogen-bond acceptors (Lipinski definition) is 5. The van der Waals surface area contributed by atoms with Gasteiger partial charge in [-0.3, -0.25) is 19.3 Å². The highest BCUT2D eigenvalue weighted by Gasteiger charge is 2.47. The minimum Gasteiger partial charge on any atom is -0.378 e. The SMILES string of the molecule is Cn1ccc(CN2CCN(C(=O)Cc3ccc(Cl)c(Cl)c3)[C@H]3[C@H]2COC[C@@H]3N2CCCC2)n1. The lowest BCUT2D eigenvalue weighted by Crippen LogP contribution is -2.71. The van der Waals surface area contributed by atoms with Crippen LogP contribution < -0.4 is 0 Å². The van der Waals surface area contributed by atoms with E-state index in [4.69, 9.17) is 27.9 Å². The highest BCUT2D eigenvalue weighted by atomic mass is 35.5. The van der Waals surface area contributed by atoms with Crippen molar-refractivity contribution in [3.8, 4) is 0 Å². The number of ether oxygens (including phenoxy) is 1. The van der Waals surface area contributed by atoms with E-state index in [2.05, 4.69) is 25.9 Å². The Kier molecular flexibility index (Phi) is 6.95. The zero-order valence-corrected chi connectivity index (χ0v) is 20.5. The summed E-state index contributed by atoms with van der Waals surface area (Å²) in [6, 6.07) is 8.00. The van der Waals surface area contributed by atoms with E-state index in [1.165, 1.54) is 12.8 Å². The zero-order chi connectivity index (χ0) is 22.9. The molecule has 1 aromatic heterocycles. The Hall–Kier alpha value is -1.64. The molecule has 0 unspecified atom stereocenters. The molecule has 7 nitrogen and oxygen atoms in total. The number of hydrogen-bond donors (Lipinski definition) is 0. The molecule has 0 radical (unpaired) electrons. The topological polar surface area (TPSA) is 53.8 Å². The zero-order valence-electron chi connectivity index (χ0n) is 19.0. The molecule has 2 aromatic rings. The van der Waals surface area contributed by atoms with Gasteiger partial charge in [-0.1, -0.05) is 29.3 Å². The Morgan fingerprint density at radius 2 is 1.85 bits per heavy atom. The summed E-state index contributed by atoms with van der Waals surface area (Å²) < 4.78 is 7.97. The highest BCUT2D eigenvalue weighted by Crippen LogP contribution is 2.31. The molecule has 9 heteroatoms. The van der Waals surface area contributed by atoms with Crippen LogP contribution in [0.3, 0.4) is 0 Å². The van der Waals surface area contributed by atoms with Crippen LogP contribution in [0.25, 0.3) is 0 Å². The second-order valence-corrected chi connectivity index (χ2v) is 10.2. The maximum atomic E-state index is 13.6. The summed E-state index contributed by atoms with van der Waals surface area (Å²) in [7, 11) is 1.94. The van der Waals surface area contributed by atoms with Crippen LogP contribution in [0.4, 0.5) is 0 Å². The lowest BCUT2D eigenvalue weighted by atomic mass is 9.90. The van der Waals surface area contributed by atoms with Gasteiger partial charge in [-0.05, 0) is 49.7 Å². The Bertz CT molecular complexity index is 993. The van der Waals surface area contributed by atoms with Gasteiger partial charge in [-0.2, -0.15) is 5.10 Å². The summed E-state index contributed by atoms with van der Waals surface area (Å²) in [6.45, 7) is 5.75. The summed E-state index contributed by atoms with van der Waals surface area (Å²) in [5.74, 6) is 0.145. The van der Waals surface area contributed by atoms with Gasteiger partial charge in [-0.25, -0.2) is 0 Å². The average molecular weight is 492 g/mol. The summed E-state index contributed by atoms with van der Waals surface area (Å²) in [5, 5.41) is 5.58. The Morgan fingerprint density at radius 1 is 1.06 bits per heavy atom. The van der Waals surface area contributed by atoms with Crippen LogP contribution in [-0.4, -0.2) is 87.9 Å². The number of halogens is 2. The van der Waals surface area contributed by atoms with Crippen molar-refractivity contribution in [1.82, 2.24) is 24.5 Å². The van der Waals surface area contributed by atoms with Gasteiger partial charge in [0.05, 0.1) is 53.5 Å². The normalized spacial score (nSPS) is 26.5. The molecule has 3 aliphatic rings. The van der Waals surface area contributed by atoms with E-state index in [9.17, 15) is 4.79 Å². The first-order chi connectivity index (χ1) is 16.0. The number of piperazine rings is 1. The largest absolute Gasteiger partial charge is 0.378 e. The van der Waals surface area contributed by atoms with Gasteiger partial charge in [0.15, 0.2) is 0 Å².